The molecule has 0 fully saturated rings. The summed E-state index contributed by atoms with van der Waals surface area (Å²) in [6.45, 7) is 2.48. The van der Waals surface area contributed by atoms with Gasteiger partial charge in [-0.2, -0.15) is 0 Å². The molecule has 0 spiro atoms. The lowest BCUT2D eigenvalue weighted by atomic mass is 10.2. The van der Waals surface area contributed by atoms with Crippen molar-refractivity contribution in [3.05, 3.63) is 21.1 Å². The van der Waals surface area contributed by atoms with E-state index in [1.54, 1.807) is 0 Å². The number of hydrogen-bond donors (Lipinski definition) is 1. The number of fused-ring (bicyclic) bond motifs is 1. The fourth-order valence-corrected chi connectivity index (χ4v) is 2.89. The zero-order valence-electron chi connectivity index (χ0n) is 7.58. The summed E-state index contributed by atoms with van der Waals surface area (Å²) in [5, 5.41) is 13.0. The first kappa shape index (κ1) is 10.0. The van der Waals surface area contributed by atoms with Gasteiger partial charge in [0.25, 0.3) is 0 Å². The molecule has 1 aromatic carbocycles. The minimum atomic E-state index is 0.267. The maximum Gasteiger partial charge on any atom is 0.177 e. The summed E-state index contributed by atoms with van der Waals surface area (Å²) in [6.07, 6.45) is 0. The van der Waals surface area contributed by atoms with Crippen LogP contribution >= 0.6 is 33.9 Å². The Morgan fingerprint density at radius 2 is 2.36 bits per heavy atom. The minimum Gasteiger partial charge on any atom is -0.503 e. The molecular formula is C10H9IO2S. The van der Waals surface area contributed by atoms with Crippen LogP contribution in [-0.4, -0.2) is 11.7 Å². The summed E-state index contributed by atoms with van der Waals surface area (Å²) >= 11 is 3.70. The van der Waals surface area contributed by atoms with Crippen LogP contribution in [0.15, 0.2) is 17.5 Å². The molecule has 4 heteroatoms. The number of halogens is 1. The van der Waals surface area contributed by atoms with Gasteiger partial charge in [0.05, 0.1) is 14.9 Å². The molecule has 2 rings (SSSR count). The van der Waals surface area contributed by atoms with E-state index < -0.39 is 0 Å². The second-order valence-corrected chi connectivity index (χ2v) is 4.89. The average Bonchev–Trinajstić information content (AvgIpc) is 2.60. The molecule has 1 N–H and O–H groups in total. The topological polar surface area (TPSA) is 29.5 Å². The van der Waals surface area contributed by atoms with Crippen molar-refractivity contribution >= 4 is 44.0 Å². The van der Waals surface area contributed by atoms with E-state index in [2.05, 4.69) is 22.6 Å². The van der Waals surface area contributed by atoms with Gasteiger partial charge in [-0.05, 0) is 52.4 Å². The van der Waals surface area contributed by atoms with E-state index in [9.17, 15) is 5.11 Å². The van der Waals surface area contributed by atoms with Crippen molar-refractivity contribution in [2.24, 2.45) is 0 Å². The lowest BCUT2D eigenvalue weighted by molar-refractivity contribution is 0.317. The summed E-state index contributed by atoms with van der Waals surface area (Å²) in [5.41, 5.74) is 0. The van der Waals surface area contributed by atoms with Crippen LogP contribution in [0, 0.1) is 3.57 Å². The third kappa shape index (κ3) is 1.56. The molecule has 1 heterocycles. The first-order valence-electron chi connectivity index (χ1n) is 4.25. The minimum absolute atomic E-state index is 0.267. The smallest absolute Gasteiger partial charge is 0.177 e. The number of aromatic hydroxyl groups is 1. The van der Waals surface area contributed by atoms with Crippen molar-refractivity contribution < 1.29 is 9.84 Å². The molecule has 0 aliphatic carbocycles. The third-order valence-corrected chi connectivity index (χ3v) is 3.65. The van der Waals surface area contributed by atoms with Gasteiger partial charge in [-0.15, -0.1) is 11.3 Å². The molecule has 0 atom stereocenters. The molecule has 0 radical (unpaired) electrons. The standard InChI is InChI=1S/C10H9IO2S/c1-2-13-9-7(11)5-6-3-4-14-10(6)8(9)12/h3-5,12H,2H2,1H3. The van der Waals surface area contributed by atoms with Gasteiger partial charge in [-0.1, -0.05) is 0 Å². The second kappa shape index (κ2) is 3.94. The first-order chi connectivity index (χ1) is 6.74. The fraction of sp³-hybridized carbons (Fsp3) is 0.200. The Bertz CT molecular complexity index is 464. The zero-order chi connectivity index (χ0) is 10.1. The van der Waals surface area contributed by atoms with Crippen LogP contribution in [0.5, 0.6) is 11.5 Å². The molecule has 0 unspecified atom stereocenters. The number of rotatable bonds is 2. The summed E-state index contributed by atoms with van der Waals surface area (Å²) < 4.78 is 7.24. The monoisotopic (exact) mass is 320 g/mol. The van der Waals surface area contributed by atoms with E-state index in [4.69, 9.17) is 4.74 Å². The van der Waals surface area contributed by atoms with Crippen molar-refractivity contribution in [3.63, 3.8) is 0 Å². The Morgan fingerprint density at radius 3 is 3.07 bits per heavy atom. The molecule has 2 nitrogen and oxygen atoms in total. The van der Waals surface area contributed by atoms with E-state index in [1.165, 1.54) is 11.3 Å². The maximum absolute atomic E-state index is 9.93. The quantitative estimate of drug-likeness (QED) is 0.857. The zero-order valence-corrected chi connectivity index (χ0v) is 10.6. The SMILES string of the molecule is CCOc1c(I)cc2ccsc2c1O. The lowest BCUT2D eigenvalue weighted by Gasteiger charge is -2.08. The molecule has 74 valence electrons. The molecule has 0 aliphatic heterocycles. The number of thiophene rings is 1. The fourth-order valence-electron chi connectivity index (χ4n) is 1.33. The van der Waals surface area contributed by atoms with E-state index in [0.29, 0.717) is 12.4 Å². The Kier molecular flexibility index (Phi) is 2.83. The van der Waals surface area contributed by atoms with E-state index in [1.807, 2.05) is 24.4 Å². The largest absolute Gasteiger partial charge is 0.503 e. The van der Waals surface area contributed by atoms with Crippen molar-refractivity contribution in [2.75, 3.05) is 6.61 Å². The predicted molar refractivity (Wildman–Crippen MR) is 67.4 cm³/mol. The Balaban J connectivity index is 2.69. The normalized spacial score (nSPS) is 10.7. The van der Waals surface area contributed by atoms with Crippen molar-refractivity contribution in [3.8, 4) is 11.5 Å². The Morgan fingerprint density at radius 1 is 1.57 bits per heavy atom. The van der Waals surface area contributed by atoms with Crippen molar-refractivity contribution in [1.82, 2.24) is 0 Å². The average molecular weight is 320 g/mol. The molecule has 0 saturated carbocycles. The highest BCUT2D eigenvalue weighted by Gasteiger charge is 2.12. The summed E-state index contributed by atoms with van der Waals surface area (Å²) in [6, 6.07) is 4.02. The van der Waals surface area contributed by atoms with Crippen LogP contribution in [0.2, 0.25) is 0 Å². The first-order valence-corrected chi connectivity index (χ1v) is 6.21. The van der Waals surface area contributed by atoms with Gasteiger partial charge >= 0.3 is 0 Å². The number of benzene rings is 1. The predicted octanol–water partition coefficient (Wildman–Crippen LogP) is 3.61. The summed E-state index contributed by atoms with van der Waals surface area (Å²) in [5.74, 6) is 0.867. The van der Waals surface area contributed by atoms with Gasteiger partial charge in [0.15, 0.2) is 11.5 Å². The van der Waals surface area contributed by atoms with Crippen LogP contribution < -0.4 is 4.74 Å². The number of phenols is 1. The van der Waals surface area contributed by atoms with Gasteiger partial charge < -0.3 is 9.84 Å². The van der Waals surface area contributed by atoms with Crippen LogP contribution in [0.25, 0.3) is 10.1 Å². The molecule has 0 aliphatic rings. The van der Waals surface area contributed by atoms with Crippen molar-refractivity contribution in [1.29, 1.82) is 0 Å². The van der Waals surface area contributed by atoms with E-state index in [-0.39, 0.29) is 5.75 Å². The summed E-state index contributed by atoms with van der Waals surface area (Å²) in [4.78, 5) is 0. The van der Waals surface area contributed by atoms with Gasteiger partial charge in [0.2, 0.25) is 0 Å². The van der Waals surface area contributed by atoms with Gasteiger partial charge in [0, 0.05) is 0 Å². The van der Waals surface area contributed by atoms with Crippen LogP contribution in [0.4, 0.5) is 0 Å². The highest BCUT2D eigenvalue weighted by Crippen LogP contribution is 2.41. The Labute approximate surface area is 99.7 Å². The Hall–Kier alpha value is -0.490. The van der Waals surface area contributed by atoms with Crippen LogP contribution in [0.3, 0.4) is 0 Å². The van der Waals surface area contributed by atoms with Crippen LogP contribution in [0.1, 0.15) is 6.92 Å². The van der Waals surface area contributed by atoms with Gasteiger partial charge in [0.1, 0.15) is 0 Å². The van der Waals surface area contributed by atoms with E-state index in [0.717, 1.165) is 13.7 Å². The highest BCUT2D eigenvalue weighted by atomic mass is 127. The van der Waals surface area contributed by atoms with E-state index >= 15 is 0 Å². The second-order valence-electron chi connectivity index (χ2n) is 2.81. The molecule has 1 aromatic heterocycles. The lowest BCUT2D eigenvalue weighted by Crippen LogP contribution is -1.94. The molecule has 0 bridgehead atoms. The van der Waals surface area contributed by atoms with Crippen LogP contribution in [-0.2, 0) is 0 Å². The van der Waals surface area contributed by atoms with Gasteiger partial charge in [-0.3, -0.25) is 0 Å². The molecule has 2 aromatic rings. The highest BCUT2D eigenvalue weighted by molar-refractivity contribution is 14.1. The maximum atomic E-state index is 9.93. The number of hydrogen-bond acceptors (Lipinski definition) is 3. The molecule has 14 heavy (non-hydrogen) atoms. The van der Waals surface area contributed by atoms with Crippen molar-refractivity contribution in [2.45, 2.75) is 6.92 Å². The summed E-state index contributed by atoms with van der Waals surface area (Å²) in [7, 11) is 0. The number of ether oxygens (including phenoxy) is 1. The molecule has 0 amide bonds. The molecule has 0 saturated heterocycles. The number of phenolic OH excluding ortho intramolecular Hbond substituents is 1. The third-order valence-electron chi connectivity index (χ3n) is 1.91. The molecular weight excluding hydrogens is 311 g/mol. The van der Waals surface area contributed by atoms with Gasteiger partial charge in [-0.25, -0.2) is 0 Å².